The number of benzene rings is 3. The standard InChI is InChI=1S/C27H24N2O2S/c1-19-8-12-23(16-20(19)2)25-18-32-27(28-25)29-26(30)15-11-21-9-13-24(14-10-21)31-17-22-6-4-3-5-7-22/h3-16,18H,17H2,1-2H3,(H,28,29,30)/b15-11+. The number of carbonyl (C=O) groups is 1. The van der Waals surface area contributed by atoms with Crippen LogP contribution in [0.25, 0.3) is 17.3 Å². The van der Waals surface area contributed by atoms with Gasteiger partial charge < -0.3 is 4.74 Å². The topological polar surface area (TPSA) is 51.2 Å². The third-order valence-electron chi connectivity index (χ3n) is 5.09. The zero-order valence-corrected chi connectivity index (χ0v) is 18.9. The Labute approximate surface area is 192 Å². The van der Waals surface area contributed by atoms with Gasteiger partial charge in [-0.05, 0) is 60.4 Å². The molecule has 0 fully saturated rings. The van der Waals surface area contributed by atoms with Crippen molar-refractivity contribution in [3.8, 4) is 17.0 Å². The second kappa shape index (κ2) is 10.1. The molecule has 1 heterocycles. The third-order valence-corrected chi connectivity index (χ3v) is 5.85. The summed E-state index contributed by atoms with van der Waals surface area (Å²) in [5.74, 6) is 0.576. The molecule has 1 amide bonds. The minimum atomic E-state index is -0.213. The van der Waals surface area contributed by atoms with Crippen LogP contribution in [0, 0.1) is 13.8 Å². The summed E-state index contributed by atoms with van der Waals surface area (Å²) in [6.45, 7) is 4.69. The van der Waals surface area contributed by atoms with Crippen molar-refractivity contribution in [2.45, 2.75) is 20.5 Å². The van der Waals surface area contributed by atoms with E-state index < -0.39 is 0 Å². The number of carbonyl (C=O) groups excluding carboxylic acids is 1. The first-order valence-electron chi connectivity index (χ1n) is 10.4. The molecule has 160 valence electrons. The summed E-state index contributed by atoms with van der Waals surface area (Å²) in [4.78, 5) is 16.8. The van der Waals surface area contributed by atoms with E-state index in [0.29, 0.717) is 11.7 Å². The monoisotopic (exact) mass is 440 g/mol. The van der Waals surface area contributed by atoms with Gasteiger partial charge in [0.05, 0.1) is 5.69 Å². The van der Waals surface area contributed by atoms with E-state index in [2.05, 4.69) is 42.3 Å². The normalized spacial score (nSPS) is 10.9. The van der Waals surface area contributed by atoms with Crippen molar-refractivity contribution in [3.63, 3.8) is 0 Å². The zero-order valence-electron chi connectivity index (χ0n) is 18.0. The van der Waals surface area contributed by atoms with Crippen molar-refractivity contribution in [2.75, 3.05) is 5.32 Å². The van der Waals surface area contributed by atoms with Gasteiger partial charge in [-0.1, -0.05) is 54.6 Å². The molecule has 3 aromatic carbocycles. The third kappa shape index (κ3) is 5.71. The quantitative estimate of drug-likeness (QED) is 0.327. The van der Waals surface area contributed by atoms with Crippen molar-refractivity contribution >= 4 is 28.5 Å². The summed E-state index contributed by atoms with van der Waals surface area (Å²) in [5.41, 5.74) is 6.43. The van der Waals surface area contributed by atoms with Crippen LogP contribution in [0.15, 0.2) is 84.3 Å². The molecule has 0 aliphatic heterocycles. The molecule has 0 bridgehead atoms. The Balaban J connectivity index is 1.31. The number of ether oxygens (including phenoxy) is 1. The predicted octanol–water partition coefficient (Wildman–Crippen LogP) is 6.66. The van der Waals surface area contributed by atoms with E-state index >= 15 is 0 Å². The molecule has 0 aliphatic rings. The van der Waals surface area contributed by atoms with Gasteiger partial charge in [0.15, 0.2) is 5.13 Å². The lowest BCUT2D eigenvalue weighted by Gasteiger charge is -2.06. The number of amides is 1. The zero-order chi connectivity index (χ0) is 22.3. The van der Waals surface area contributed by atoms with E-state index in [1.54, 1.807) is 6.08 Å². The molecule has 0 saturated carbocycles. The molecule has 5 heteroatoms. The molecule has 0 spiro atoms. The average molecular weight is 441 g/mol. The van der Waals surface area contributed by atoms with E-state index in [-0.39, 0.29) is 5.91 Å². The number of anilines is 1. The van der Waals surface area contributed by atoms with Gasteiger partial charge in [-0.2, -0.15) is 0 Å². The van der Waals surface area contributed by atoms with E-state index in [1.807, 2.05) is 60.0 Å². The van der Waals surface area contributed by atoms with Crippen molar-refractivity contribution < 1.29 is 9.53 Å². The molecule has 0 aliphatic carbocycles. The lowest BCUT2D eigenvalue weighted by Crippen LogP contribution is -2.07. The molecule has 0 saturated heterocycles. The molecule has 0 unspecified atom stereocenters. The number of aryl methyl sites for hydroxylation is 2. The first-order valence-corrected chi connectivity index (χ1v) is 11.2. The summed E-state index contributed by atoms with van der Waals surface area (Å²) >= 11 is 1.42. The number of nitrogens with one attached hydrogen (secondary N) is 1. The van der Waals surface area contributed by atoms with Crippen molar-refractivity contribution in [1.82, 2.24) is 4.98 Å². The smallest absolute Gasteiger partial charge is 0.250 e. The molecule has 4 rings (SSSR count). The van der Waals surface area contributed by atoms with Crippen LogP contribution in [0.2, 0.25) is 0 Å². The first kappa shape index (κ1) is 21.5. The molecule has 4 aromatic rings. The fraction of sp³-hybridized carbons (Fsp3) is 0.111. The number of hydrogen-bond acceptors (Lipinski definition) is 4. The molecule has 0 atom stereocenters. The lowest BCUT2D eigenvalue weighted by atomic mass is 10.1. The van der Waals surface area contributed by atoms with Crippen molar-refractivity contribution in [3.05, 3.63) is 107 Å². The van der Waals surface area contributed by atoms with Gasteiger partial charge in [-0.15, -0.1) is 11.3 Å². The lowest BCUT2D eigenvalue weighted by molar-refractivity contribution is -0.111. The minimum absolute atomic E-state index is 0.213. The van der Waals surface area contributed by atoms with Crippen LogP contribution in [-0.2, 0) is 11.4 Å². The Morgan fingerprint density at radius 1 is 1.00 bits per heavy atom. The molecular formula is C27H24N2O2S. The van der Waals surface area contributed by atoms with Gasteiger partial charge in [0, 0.05) is 17.0 Å². The molecule has 4 nitrogen and oxygen atoms in total. The highest BCUT2D eigenvalue weighted by atomic mass is 32.1. The second-order valence-electron chi connectivity index (χ2n) is 7.50. The molecule has 1 aromatic heterocycles. The van der Waals surface area contributed by atoms with E-state index in [1.165, 1.54) is 28.5 Å². The fourth-order valence-corrected chi connectivity index (χ4v) is 3.82. The Hall–Kier alpha value is -3.70. The summed E-state index contributed by atoms with van der Waals surface area (Å²) in [5, 5.41) is 5.37. The molecule has 32 heavy (non-hydrogen) atoms. The van der Waals surface area contributed by atoms with Gasteiger partial charge in [-0.3, -0.25) is 10.1 Å². The van der Waals surface area contributed by atoms with E-state index in [9.17, 15) is 4.79 Å². The Morgan fingerprint density at radius 3 is 2.53 bits per heavy atom. The van der Waals surface area contributed by atoms with Crippen LogP contribution in [0.4, 0.5) is 5.13 Å². The predicted molar refractivity (Wildman–Crippen MR) is 132 cm³/mol. The van der Waals surface area contributed by atoms with Crippen LogP contribution >= 0.6 is 11.3 Å². The van der Waals surface area contributed by atoms with Crippen LogP contribution in [0.3, 0.4) is 0 Å². The maximum Gasteiger partial charge on any atom is 0.250 e. The number of aromatic nitrogens is 1. The molecule has 1 N–H and O–H groups in total. The SMILES string of the molecule is Cc1ccc(-c2csc(NC(=O)/C=C/c3ccc(OCc4ccccc4)cc3)n2)cc1C. The molecular weight excluding hydrogens is 416 g/mol. The fourth-order valence-electron chi connectivity index (χ4n) is 3.10. The number of hydrogen-bond donors (Lipinski definition) is 1. The van der Waals surface area contributed by atoms with Crippen molar-refractivity contribution in [2.24, 2.45) is 0 Å². The Bertz CT molecular complexity index is 1230. The Morgan fingerprint density at radius 2 is 1.78 bits per heavy atom. The van der Waals surface area contributed by atoms with E-state index in [4.69, 9.17) is 4.74 Å². The number of rotatable bonds is 7. The summed E-state index contributed by atoms with van der Waals surface area (Å²) in [6, 6.07) is 23.9. The van der Waals surface area contributed by atoms with Gasteiger partial charge in [0.1, 0.15) is 12.4 Å². The first-order chi connectivity index (χ1) is 15.6. The highest BCUT2D eigenvalue weighted by Gasteiger charge is 2.07. The number of nitrogens with zero attached hydrogens (tertiary/aromatic N) is 1. The van der Waals surface area contributed by atoms with Crippen LogP contribution in [0.5, 0.6) is 5.75 Å². The van der Waals surface area contributed by atoms with E-state index in [0.717, 1.165) is 28.1 Å². The second-order valence-corrected chi connectivity index (χ2v) is 8.36. The summed E-state index contributed by atoms with van der Waals surface area (Å²) < 4.78 is 5.79. The Kier molecular flexibility index (Phi) is 6.78. The maximum absolute atomic E-state index is 12.3. The van der Waals surface area contributed by atoms with Gasteiger partial charge in [0.2, 0.25) is 5.91 Å². The minimum Gasteiger partial charge on any atom is -0.489 e. The van der Waals surface area contributed by atoms with Crippen LogP contribution in [-0.4, -0.2) is 10.9 Å². The number of thiazole rings is 1. The molecule has 0 radical (unpaired) electrons. The summed E-state index contributed by atoms with van der Waals surface area (Å²) in [7, 11) is 0. The van der Waals surface area contributed by atoms with Crippen LogP contribution in [0.1, 0.15) is 22.3 Å². The highest BCUT2D eigenvalue weighted by molar-refractivity contribution is 7.14. The largest absolute Gasteiger partial charge is 0.489 e. The van der Waals surface area contributed by atoms with Crippen LogP contribution < -0.4 is 10.1 Å². The van der Waals surface area contributed by atoms with Gasteiger partial charge in [0.25, 0.3) is 0 Å². The van der Waals surface area contributed by atoms with Gasteiger partial charge >= 0.3 is 0 Å². The van der Waals surface area contributed by atoms with Crippen molar-refractivity contribution in [1.29, 1.82) is 0 Å². The van der Waals surface area contributed by atoms with Gasteiger partial charge in [-0.25, -0.2) is 4.98 Å². The average Bonchev–Trinajstić information content (AvgIpc) is 3.28. The summed E-state index contributed by atoms with van der Waals surface area (Å²) in [6.07, 6.45) is 3.28. The maximum atomic E-state index is 12.3. The highest BCUT2D eigenvalue weighted by Crippen LogP contribution is 2.26.